The first kappa shape index (κ1) is 47.8. The number of fused-ring (bicyclic) bond motifs is 4. The number of thioether (sulfide) groups is 1. The maximum absolute atomic E-state index is 12.2. The van der Waals surface area contributed by atoms with Crippen molar-refractivity contribution >= 4 is 75.3 Å². The van der Waals surface area contributed by atoms with Gasteiger partial charge in [0.2, 0.25) is 5.69 Å². The van der Waals surface area contributed by atoms with Crippen LogP contribution in [0.1, 0.15) is 77.3 Å². The van der Waals surface area contributed by atoms with Crippen molar-refractivity contribution in [2.75, 3.05) is 35.2 Å². The lowest BCUT2D eigenvalue weighted by Crippen LogP contribution is -2.28. The van der Waals surface area contributed by atoms with Crippen LogP contribution in [0.3, 0.4) is 0 Å². The third kappa shape index (κ3) is 10.3. The van der Waals surface area contributed by atoms with E-state index in [1.807, 2.05) is 61.5 Å². The highest BCUT2D eigenvalue weighted by molar-refractivity contribution is 8.03. The van der Waals surface area contributed by atoms with Crippen LogP contribution >= 0.6 is 11.8 Å². The summed E-state index contributed by atoms with van der Waals surface area (Å²) < 4.78 is 136. The molecule has 338 valence electrons. The SMILES string of the molecule is CC1(C)C(/C=C/C2=C(SCCC(=O)O)C(=C/C=C3/N(CCCS(=O)(=O)O)c4ccc(S(=O)(=O)O)cc4C3(C)C)/C3CCC2C3)=[N+](CCCS(=O)(=O)O)c2ccc(S(=O)(=O)O)cc21. The van der Waals surface area contributed by atoms with E-state index < -0.39 is 68.8 Å². The Morgan fingerprint density at radius 3 is 2.00 bits per heavy atom. The van der Waals surface area contributed by atoms with E-state index in [1.165, 1.54) is 36.0 Å². The van der Waals surface area contributed by atoms with E-state index in [4.69, 9.17) is 0 Å². The lowest BCUT2D eigenvalue weighted by molar-refractivity contribution is -0.437. The van der Waals surface area contributed by atoms with Crippen molar-refractivity contribution in [3.63, 3.8) is 0 Å². The Bertz CT molecular complexity index is 2800. The van der Waals surface area contributed by atoms with Crippen molar-refractivity contribution in [2.24, 2.45) is 11.8 Å². The summed E-state index contributed by atoms with van der Waals surface area (Å²) >= 11 is 1.41. The van der Waals surface area contributed by atoms with Crippen molar-refractivity contribution in [3.8, 4) is 0 Å². The molecule has 2 bridgehead atoms. The summed E-state index contributed by atoms with van der Waals surface area (Å²) in [6.07, 6.45) is 10.2. The number of allylic oxidation sites excluding steroid dienone is 7. The van der Waals surface area contributed by atoms with Gasteiger partial charge >= 0.3 is 5.97 Å². The van der Waals surface area contributed by atoms with Gasteiger partial charge in [-0.05, 0) is 104 Å². The Morgan fingerprint density at radius 2 is 1.39 bits per heavy atom. The van der Waals surface area contributed by atoms with Gasteiger partial charge in [-0.3, -0.25) is 23.0 Å². The molecule has 2 aromatic rings. The molecule has 0 radical (unpaired) electrons. The fraction of sp³-hybridized carbons (Fsp3) is 0.463. The number of carboxylic acid groups (broad SMARTS) is 1. The first-order valence-electron chi connectivity index (χ1n) is 19.9. The number of benzene rings is 2. The van der Waals surface area contributed by atoms with Crippen LogP contribution in [0.2, 0.25) is 0 Å². The predicted molar refractivity (Wildman–Crippen MR) is 236 cm³/mol. The molecule has 0 spiro atoms. The quantitative estimate of drug-likeness (QED) is 0.0877. The molecule has 1 saturated carbocycles. The van der Waals surface area contributed by atoms with Crippen molar-refractivity contribution in [3.05, 3.63) is 93.6 Å². The summed E-state index contributed by atoms with van der Waals surface area (Å²) in [5.74, 6) is -1.54. The lowest BCUT2D eigenvalue weighted by atomic mass is 9.80. The molecule has 5 N–H and O–H groups in total. The molecule has 6 rings (SSSR count). The highest BCUT2D eigenvalue weighted by Gasteiger charge is 2.46. The topological polar surface area (TPSA) is 261 Å². The zero-order valence-electron chi connectivity index (χ0n) is 34.6. The Kier molecular flexibility index (Phi) is 13.4. The Labute approximate surface area is 367 Å². The maximum Gasteiger partial charge on any atom is 0.304 e. The zero-order chi connectivity index (χ0) is 45.8. The second-order valence-corrected chi connectivity index (χ2v) is 24.1. The van der Waals surface area contributed by atoms with Gasteiger partial charge in [-0.2, -0.15) is 38.2 Å². The number of carboxylic acids is 1. The van der Waals surface area contributed by atoms with Crippen LogP contribution in [-0.4, -0.2) is 104 Å². The van der Waals surface area contributed by atoms with Gasteiger partial charge in [0.25, 0.3) is 40.5 Å². The van der Waals surface area contributed by atoms with Gasteiger partial charge in [0, 0.05) is 58.1 Å². The van der Waals surface area contributed by atoms with Crippen LogP contribution < -0.4 is 4.90 Å². The average molecular weight is 956 g/mol. The number of anilines is 1. The first-order valence-corrected chi connectivity index (χ1v) is 26.9. The van der Waals surface area contributed by atoms with Crippen LogP contribution in [0.4, 0.5) is 11.4 Å². The van der Waals surface area contributed by atoms with Crippen LogP contribution in [0.5, 0.6) is 0 Å². The molecule has 2 aromatic carbocycles. The molecule has 4 aliphatic rings. The number of aliphatic carboxylic acids is 1. The highest BCUT2D eigenvalue weighted by atomic mass is 32.2. The standard InChI is InChI=1S/C41H50N2O14S5/c1-40(2)32-24-28(61(52,53)54)9-13-34(32)42(18-5-21-59(46,47)48)36(40)15-11-30-26-7-8-27(23-26)31(39(30)58-20-17-38(44)45)12-16-37-41(3,4)33-25-29(62(55,56)57)10-14-35(33)43(37)19-6-22-60(49,50)51/h9-16,24-27H,5-8,17-23H2,1-4H3,(H4-,44,45,46,47,48,49,50,51,52,53,54,55,56,57)/p+1. The van der Waals surface area contributed by atoms with Gasteiger partial charge in [0.05, 0.1) is 33.1 Å². The van der Waals surface area contributed by atoms with Gasteiger partial charge in [0.15, 0.2) is 5.71 Å². The number of carbonyl (C=O) groups is 1. The molecule has 0 saturated heterocycles. The third-order valence-electron chi connectivity index (χ3n) is 12.1. The molecule has 2 atom stereocenters. The second kappa shape index (κ2) is 17.4. The molecule has 0 amide bonds. The maximum atomic E-state index is 12.2. The first-order chi connectivity index (χ1) is 28.6. The van der Waals surface area contributed by atoms with E-state index in [1.54, 1.807) is 12.1 Å². The Morgan fingerprint density at radius 1 is 0.790 bits per heavy atom. The summed E-state index contributed by atoms with van der Waals surface area (Å²) in [6, 6.07) is 8.42. The molecular formula is C41H51N2O14S5+. The number of rotatable bonds is 17. The third-order valence-corrected chi connectivity index (χ3v) is 16.6. The van der Waals surface area contributed by atoms with E-state index in [0.717, 1.165) is 35.3 Å². The van der Waals surface area contributed by atoms with E-state index in [0.29, 0.717) is 33.9 Å². The van der Waals surface area contributed by atoms with E-state index in [9.17, 15) is 61.8 Å². The largest absolute Gasteiger partial charge is 0.481 e. The number of hydrogen-bond donors (Lipinski definition) is 5. The average Bonchev–Trinajstić information content (AvgIpc) is 3.73. The minimum Gasteiger partial charge on any atom is -0.481 e. The molecule has 1 fully saturated rings. The van der Waals surface area contributed by atoms with Crippen molar-refractivity contribution in [1.82, 2.24) is 0 Å². The lowest BCUT2D eigenvalue weighted by Gasteiger charge is -2.29. The normalized spacial score (nSPS) is 22.4. The van der Waals surface area contributed by atoms with Gasteiger partial charge < -0.3 is 10.0 Å². The van der Waals surface area contributed by atoms with Crippen LogP contribution in [-0.2, 0) is 56.1 Å². The minimum absolute atomic E-state index is 0.0424. The molecule has 2 aliphatic heterocycles. The predicted octanol–water partition coefficient (Wildman–Crippen LogP) is 6.17. The molecule has 62 heavy (non-hydrogen) atoms. The number of nitrogens with zero attached hydrogens (tertiary/aromatic N) is 2. The Balaban J connectivity index is 1.49. The van der Waals surface area contributed by atoms with Crippen LogP contribution in [0, 0.1) is 11.8 Å². The van der Waals surface area contributed by atoms with Crippen LogP contribution in [0.25, 0.3) is 0 Å². The second-order valence-electron chi connectivity index (χ2n) is 17.0. The van der Waals surface area contributed by atoms with Crippen molar-refractivity contribution in [2.45, 2.75) is 86.8 Å². The van der Waals surface area contributed by atoms with Gasteiger partial charge in [0.1, 0.15) is 6.54 Å². The highest BCUT2D eigenvalue weighted by Crippen LogP contribution is 2.53. The van der Waals surface area contributed by atoms with Gasteiger partial charge in [-0.25, -0.2) is 0 Å². The van der Waals surface area contributed by atoms with Crippen molar-refractivity contribution in [1.29, 1.82) is 0 Å². The monoisotopic (exact) mass is 955 g/mol. The summed E-state index contributed by atoms with van der Waals surface area (Å²) in [5, 5.41) is 9.62. The van der Waals surface area contributed by atoms with Gasteiger partial charge in [-0.15, -0.1) is 11.8 Å². The fourth-order valence-corrected chi connectivity index (χ4v) is 12.5. The zero-order valence-corrected chi connectivity index (χ0v) is 38.6. The van der Waals surface area contributed by atoms with E-state index in [2.05, 4.69) is 0 Å². The molecule has 2 heterocycles. The molecule has 2 unspecified atom stereocenters. The van der Waals surface area contributed by atoms with E-state index in [-0.39, 0.29) is 59.7 Å². The summed E-state index contributed by atoms with van der Waals surface area (Å²) in [6.45, 7) is 7.82. The summed E-state index contributed by atoms with van der Waals surface area (Å²) in [4.78, 5) is 13.9. The van der Waals surface area contributed by atoms with Crippen molar-refractivity contribution < 1.29 is 66.4 Å². The van der Waals surface area contributed by atoms with Gasteiger partial charge in [-0.1, -0.05) is 26.0 Å². The van der Waals surface area contributed by atoms with E-state index >= 15 is 0 Å². The summed E-state index contributed by atoms with van der Waals surface area (Å²) in [7, 11) is -17.7. The Hall–Kier alpha value is -3.67. The summed E-state index contributed by atoms with van der Waals surface area (Å²) in [5.41, 5.74) is 3.94. The molecule has 16 nitrogen and oxygen atoms in total. The molecule has 21 heteroatoms. The van der Waals surface area contributed by atoms with Crippen LogP contribution in [0.15, 0.2) is 92.2 Å². The smallest absolute Gasteiger partial charge is 0.304 e. The minimum atomic E-state index is -4.56. The number of hydrogen-bond acceptors (Lipinski definition) is 11. The molecule has 2 aliphatic carbocycles. The fourth-order valence-electron chi connectivity index (χ4n) is 9.17. The molecular weight excluding hydrogens is 905 g/mol. The molecule has 0 aromatic heterocycles.